The highest BCUT2D eigenvalue weighted by Crippen LogP contribution is 2.23. The van der Waals surface area contributed by atoms with Gasteiger partial charge in [-0.25, -0.2) is 4.98 Å². The monoisotopic (exact) mass is 449 g/mol. The lowest BCUT2D eigenvalue weighted by atomic mass is 10.1. The number of rotatable bonds is 4. The lowest BCUT2D eigenvalue weighted by molar-refractivity contribution is -0.384. The van der Waals surface area contributed by atoms with Gasteiger partial charge < -0.3 is 17.0 Å². The molecule has 4 N–H and O–H groups in total. The Bertz CT molecular complexity index is 1100. The largest absolute Gasteiger partial charge is 1.00 e. The molecule has 0 fully saturated rings. The van der Waals surface area contributed by atoms with Gasteiger partial charge in [-0.1, -0.05) is 18.2 Å². The zero-order valence-electron chi connectivity index (χ0n) is 14.3. The molecule has 0 saturated carbocycles. The molecule has 0 atom stereocenters. The van der Waals surface area contributed by atoms with Crippen LogP contribution in [0.5, 0.6) is 0 Å². The first-order chi connectivity index (χ1) is 12.4. The smallest absolute Gasteiger partial charge is 0.300 e. The number of thioether (sulfide) groups is 1. The average Bonchev–Trinajstić information content (AvgIpc) is 2.61. The van der Waals surface area contributed by atoms with E-state index in [9.17, 15) is 14.9 Å². The molecule has 1 heterocycles. The van der Waals surface area contributed by atoms with Crippen LogP contribution < -0.4 is 33.7 Å². The van der Waals surface area contributed by atoms with Crippen molar-refractivity contribution < 1.29 is 27.3 Å². The molecule has 8 nitrogen and oxygen atoms in total. The van der Waals surface area contributed by atoms with Crippen LogP contribution >= 0.6 is 11.8 Å². The Morgan fingerprint density at radius 1 is 1.33 bits per heavy atom. The summed E-state index contributed by atoms with van der Waals surface area (Å²) in [5.74, 6) is 0.667. The first-order valence-electron chi connectivity index (χ1n) is 7.65. The van der Waals surface area contributed by atoms with Gasteiger partial charge in [0, 0.05) is 12.1 Å². The fourth-order valence-electron chi connectivity index (χ4n) is 2.62. The highest BCUT2D eigenvalue weighted by Gasteiger charge is 2.18. The molecular weight excluding hydrogens is 434 g/mol. The van der Waals surface area contributed by atoms with Crippen LogP contribution in [0.1, 0.15) is 11.4 Å². The predicted octanol–water partition coefficient (Wildman–Crippen LogP) is -2.09. The van der Waals surface area contributed by atoms with Crippen molar-refractivity contribution in [1.82, 2.24) is 9.55 Å². The second kappa shape index (κ2) is 8.31. The third kappa shape index (κ3) is 4.17. The van der Waals surface area contributed by atoms with Crippen molar-refractivity contribution in [2.75, 3.05) is 0 Å². The summed E-state index contributed by atoms with van der Waals surface area (Å²) in [5.41, 5.74) is 6.79. The number of hydrogen-bond donors (Lipinski definition) is 2. The van der Waals surface area contributed by atoms with Crippen LogP contribution in [0.2, 0.25) is 0 Å². The van der Waals surface area contributed by atoms with Gasteiger partial charge in [0.05, 0.1) is 27.3 Å². The average molecular weight is 450 g/mol. The van der Waals surface area contributed by atoms with E-state index in [0.29, 0.717) is 28.0 Å². The molecule has 0 aliphatic rings. The van der Waals surface area contributed by atoms with E-state index in [1.54, 1.807) is 37.3 Å². The quantitative estimate of drug-likeness (QED) is 0.203. The summed E-state index contributed by atoms with van der Waals surface area (Å²) in [6.07, 6.45) is 0. The maximum atomic E-state index is 13.1. The van der Waals surface area contributed by atoms with E-state index in [0.717, 1.165) is 11.8 Å². The zero-order chi connectivity index (χ0) is 18.8. The number of non-ortho nitro benzene ring substituents is 1. The number of nitrogens with zero attached hydrogens (tertiary/aromatic N) is 3. The summed E-state index contributed by atoms with van der Waals surface area (Å²) < 4.78 is 1.39. The van der Waals surface area contributed by atoms with Gasteiger partial charge in [-0.05, 0) is 36.4 Å². The van der Waals surface area contributed by atoms with Gasteiger partial charge in [-0.3, -0.25) is 30.6 Å². The van der Waals surface area contributed by atoms with Crippen molar-refractivity contribution in [2.45, 2.75) is 12.7 Å². The standard InChI is InChI=1S/C17H15N5O3S.BrH/c1-10-6-7-11(22(24)25)8-14(10)21-15(9-26-17(18)19)20-13-5-3-2-4-12(13)16(21)23;/h2-8H,9H2,1H3,(H3,18,19);1H. The van der Waals surface area contributed by atoms with Gasteiger partial charge in [0.25, 0.3) is 16.4 Å². The van der Waals surface area contributed by atoms with Crippen LogP contribution in [0.4, 0.5) is 5.69 Å². The third-order valence-corrected chi connectivity index (χ3v) is 4.59. The zero-order valence-corrected chi connectivity index (χ0v) is 16.7. The molecule has 0 amide bonds. The lowest BCUT2D eigenvalue weighted by Crippen LogP contribution is -3.00. The molecule has 0 saturated heterocycles. The molecule has 3 aromatic rings. The number of hydrogen-bond acceptors (Lipinski definition) is 5. The Balaban J connectivity index is 0.00000261. The van der Waals surface area contributed by atoms with E-state index in [4.69, 9.17) is 11.1 Å². The van der Waals surface area contributed by atoms with Crippen molar-refractivity contribution in [1.29, 1.82) is 0 Å². The van der Waals surface area contributed by atoms with Crippen LogP contribution in [0.25, 0.3) is 16.6 Å². The van der Waals surface area contributed by atoms with Crippen molar-refractivity contribution in [2.24, 2.45) is 5.73 Å². The Morgan fingerprint density at radius 3 is 2.70 bits per heavy atom. The molecule has 140 valence electrons. The predicted molar refractivity (Wildman–Crippen MR) is 101 cm³/mol. The molecule has 0 aliphatic heterocycles. The van der Waals surface area contributed by atoms with Gasteiger partial charge in [-0.15, -0.1) is 0 Å². The fraction of sp³-hybridized carbons (Fsp3) is 0.118. The number of aromatic nitrogens is 2. The summed E-state index contributed by atoms with van der Waals surface area (Å²) in [6, 6.07) is 11.3. The van der Waals surface area contributed by atoms with Crippen molar-refractivity contribution in [3.8, 4) is 5.69 Å². The molecule has 0 spiro atoms. The van der Waals surface area contributed by atoms with Gasteiger partial charge in [0.1, 0.15) is 5.82 Å². The number of nitro benzene ring substituents is 1. The number of amidine groups is 1. The number of para-hydroxylation sites is 1. The topological polar surface area (TPSA) is 130 Å². The Kier molecular flexibility index (Phi) is 6.34. The molecule has 0 unspecified atom stereocenters. The molecule has 2 aromatic carbocycles. The van der Waals surface area contributed by atoms with Crippen molar-refractivity contribution in [3.05, 3.63) is 74.3 Å². The van der Waals surface area contributed by atoms with E-state index < -0.39 is 4.92 Å². The molecule has 1 aromatic heterocycles. The number of fused-ring (bicyclic) bond motifs is 1. The minimum atomic E-state index is -0.497. The molecule has 0 radical (unpaired) electrons. The first kappa shape index (κ1) is 20.6. The molecular formula is C17H16BrN5O3S. The highest BCUT2D eigenvalue weighted by molar-refractivity contribution is 8.12. The first-order valence-corrected chi connectivity index (χ1v) is 8.64. The molecule has 0 aliphatic carbocycles. The van der Waals surface area contributed by atoms with Crippen LogP contribution in [0.15, 0.2) is 47.3 Å². The summed E-state index contributed by atoms with van der Waals surface area (Å²) in [6.45, 7) is 1.78. The van der Waals surface area contributed by atoms with Gasteiger partial charge in [0.2, 0.25) is 0 Å². The second-order valence-corrected chi connectivity index (χ2v) is 6.65. The molecule has 10 heteroatoms. The maximum absolute atomic E-state index is 13.1. The van der Waals surface area contributed by atoms with Crippen molar-refractivity contribution >= 4 is 33.5 Å². The second-order valence-electron chi connectivity index (χ2n) is 5.60. The highest BCUT2D eigenvalue weighted by atomic mass is 79.9. The minimum absolute atomic E-state index is 0. The van der Waals surface area contributed by atoms with Crippen LogP contribution in [-0.4, -0.2) is 19.6 Å². The Labute approximate surface area is 168 Å². The molecule has 3 rings (SSSR count). The van der Waals surface area contributed by atoms with E-state index in [1.165, 1.54) is 16.7 Å². The normalized spacial score (nSPS) is 10.4. The lowest BCUT2D eigenvalue weighted by Gasteiger charge is -2.15. The molecule has 27 heavy (non-hydrogen) atoms. The SMILES string of the molecule is Cc1ccc([N+](=O)[O-])cc1-n1c(CSC(N)=[NH2+])nc2ccccc2c1=O.[Br-]. The van der Waals surface area contributed by atoms with E-state index in [2.05, 4.69) is 4.98 Å². The van der Waals surface area contributed by atoms with Gasteiger partial charge in [-0.2, -0.15) is 0 Å². The van der Waals surface area contributed by atoms with E-state index >= 15 is 0 Å². The summed E-state index contributed by atoms with van der Waals surface area (Å²) in [7, 11) is 0. The fourth-order valence-corrected chi connectivity index (χ4v) is 3.11. The summed E-state index contributed by atoms with van der Waals surface area (Å²) >= 11 is 1.14. The third-order valence-electron chi connectivity index (χ3n) is 3.86. The van der Waals surface area contributed by atoms with E-state index in [1.807, 2.05) is 0 Å². The summed E-state index contributed by atoms with van der Waals surface area (Å²) in [5, 5.41) is 17.3. The summed E-state index contributed by atoms with van der Waals surface area (Å²) in [4.78, 5) is 28.3. The van der Waals surface area contributed by atoms with Gasteiger partial charge in [0.15, 0.2) is 0 Å². The van der Waals surface area contributed by atoms with E-state index in [-0.39, 0.29) is 39.1 Å². The number of benzene rings is 2. The van der Waals surface area contributed by atoms with Crippen LogP contribution in [0.3, 0.4) is 0 Å². The molecule has 0 bridgehead atoms. The Hall–Kier alpha value is -2.72. The minimum Gasteiger partial charge on any atom is -1.00 e. The maximum Gasteiger partial charge on any atom is 0.300 e. The number of nitrogens with two attached hydrogens (primary N) is 2. The van der Waals surface area contributed by atoms with Gasteiger partial charge >= 0.3 is 0 Å². The number of halogens is 1. The van der Waals surface area contributed by atoms with Crippen LogP contribution in [-0.2, 0) is 5.75 Å². The van der Waals surface area contributed by atoms with Crippen LogP contribution in [0, 0.1) is 17.0 Å². The number of nitro groups is 1. The Morgan fingerprint density at radius 2 is 2.04 bits per heavy atom. The van der Waals surface area contributed by atoms with Crippen molar-refractivity contribution in [3.63, 3.8) is 0 Å². The number of aryl methyl sites for hydroxylation is 1.